The Balaban J connectivity index is 1.36. The summed E-state index contributed by atoms with van der Waals surface area (Å²) in [6.45, 7) is 1.36. The number of hydrogen-bond acceptors (Lipinski definition) is 6. The molecule has 0 spiro atoms. The number of aromatic nitrogens is 2. The van der Waals surface area contributed by atoms with Gasteiger partial charge in [0.25, 0.3) is 5.91 Å². The molecule has 6 nitrogen and oxygen atoms in total. The fraction of sp³-hybridized carbons (Fsp3) is 0.208. The molecule has 5 rings (SSSR count). The number of carbonyl (C=O) groups excluding carboxylic acids is 1. The average Bonchev–Trinajstić information content (AvgIpc) is 3.43. The van der Waals surface area contributed by atoms with Crippen molar-refractivity contribution in [2.45, 2.75) is 23.4 Å². The first-order chi connectivity index (χ1) is 15.3. The quantitative estimate of drug-likeness (QED) is 0.349. The highest BCUT2D eigenvalue weighted by Crippen LogP contribution is 2.32. The normalized spacial score (nSPS) is 16.0. The summed E-state index contributed by atoms with van der Waals surface area (Å²) < 4.78 is 6.05. The van der Waals surface area contributed by atoms with Crippen molar-refractivity contribution in [3.8, 4) is 0 Å². The molecule has 0 aliphatic carbocycles. The van der Waals surface area contributed by atoms with E-state index in [0.717, 1.165) is 28.6 Å². The van der Waals surface area contributed by atoms with Crippen LogP contribution in [0.4, 0.5) is 5.69 Å². The second kappa shape index (κ2) is 8.81. The summed E-state index contributed by atoms with van der Waals surface area (Å²) in [5, 5.41) is 5.17. The lowest BCUT2D eigenvalue weighted by molar-refractivity contribution is 0.0761. The van der Waals surface area contributed by atoms with Crippen LogP contribution in [0.25, 0.3) is 11.0 Å². The summed E-state index contributed by atoms with van der Waals surface area (Å²) in [4.78, 5) is 23.8. The molecule has 3 heterocycles. The molecule has 2 aromatic carbocycles. The third kappa shape index (κ3) is 4.27. The molecule has 0 radical (unpaired) electrons. The molecule has 31 heavy (non-hydrogen) atoms. The summed E-state index contributed by atoms with van der Waals surface area (Å²) in [6.07, 6.45) is 4.35. The van der Waals surface area contributed by atoms with Crippen LogP contribution in [0.1, 0.15) is 22.5 Å². The second-order valence-corrected chi connectivity index (χ2v) is 8.42. The number of nitrogens with one attached hydrogen (secondary N) is 1. The Morgan fingerprint density at radius 1 is 1.06 bits per heavy atom. The van der Waals surface area contributed by atoms with Gasteiger partial charge < -0.3 is 14.6 Å². The lowest BCUT2D eigenvalue weighted by Gasteiger charge is -2.17. The maximum Gasteiger partial charge on any atom is 0.290 e. The zero-order valence-electron chi connectivity index (χ0n) is 16.9. The molecule has 156 valence electrons. The minimum absolute atomic E-state index is 0.0573. The lowest BCUT2D eigenvalue weighted by Crippen LogP contribution is -2.31. The molecule has 1 unspecified atom stereocenters. The Labute approximate surface area is 184 Å². The van der Waals surface area contributed by atoms with Gasteiger partial charge in [-0.05, 0) is 30.7 Å². The number of amides is 1. The van der Waals surface area contributed by atoms with Crippen molar-refractivity contribution >= 4 is 34.3 Å². The molecule has 7 heteroatoms. The number of fused-ring (bicyclic) bond motifs is 1. The maximum absolute atomic E-state index is 13.4. The van der Waals surface area contributed by atoms with Crippen LogP contribution in [0.3, 0.4) is 0 Å². The Bertz CT molecular complexity index is 1180. The molecule has 1 amide bonds. The number of hydrogen-bond donors (Lipinski definition) is 1. The van der Waals surface area contributed by atoms with Crippen molar-refractivity contribution in [3.63, 3.8) is 0 Å². The Kier molecular flexibility index (Phi) is 5.58. The highest BCUT2D eigenvalue weighted by molar-refractivity contribution is 7.98. The van der Waals surface area contributed by atoms with Crippen molar-refractivity contribution in [3.05, 3.63) is 84.4 Å². The Morgan fingerprint density at radius 2 is 1.84 bits per heavy atom. The van der Waals surface area contributed by atoms with Gasteiger partial charge in [0.15, 0.2) is 10.9 Å². The van der Waals surface area contributed by atoms with Crippen molar-refractivity contribution in [1.29, 1.82) is 0 Å². The number of thioether (sulfide) groups is 1. The van der Waals surface area contributed by atoms with E-state index in [9.17, 15) is 4.79 Å². The van der Waals surface area contributed by atoms with E-state index in [2.05, 4.69) is 15.3 Å². The highest BCUT2D eigenvalue weighted by atomic mass is 32.2. The smallest absolute Gasteiger partial charge is 0.290 e. The first kappa shape index (κ1) is 19.6. The minimum atomic E-state index is -0.0573. The first-order valence-electron chi connectivity index (χ1n) is 10.3. The van der Waals surface area contributed by atoms with Gasteiger partial charge in [-0.15, -0.1) is 0 Å². The van der Waals surface area contributed by atoms with Crippen molar-refractivity contribution < 1.29 is 9.21 Å². The van der Waals surface area contributed by atoms with Gasteiger partial charge in [0, 0.05) is 53.9 Å². The monoisotopic (exact) mass is 430 g/mol. The summed E-state index contributed by atoms with van der Waals surface area (Å²) in [7, 11) is 0. The van der Waals surface area contributed by atoms with Crippen LogP contribution in [0.2, 0.25) is 0 Å². The first-order valence-corrected chi connectivity index (χ1v) is 11.3. The number of likely N-dealkylation sites (tertiary alicyclic amines) is 1. The van der Waals surface area contributed by atoms with Crippen LogP contribution >= 0.6 is 11.8 Å². The van der Waals surface area contributed by atoms with Gasteiger partial charge in [0.2, 0.25) is 0 Å². The van der Waals surface area contributed by atoms with Gasteiger partial charge in [0.05, 0.1) is 0 Å². The molecule has 2 aromatic heterocycles. The summed E-state index contributed by atoms with van der Waals surface area (Å²) in [6, 6.07) is 19.9. The third-order valence-corrected chi connectivity index (χ3v) is 6.30. The van der Waals surface area contributed by atoms with Crippen LogP contribution in [-0.4, -0.2) is 39.9 Å². The maximum atomic E-state index is 13.4. The molecule has 1 aliphatic rings. The van der Waals surface area contributed by atoms with E-state index in [1.54, 1.807) is 18.5 Å². The molecule has 1 atom stereocenters. The standard InChI is InChI=1S/C24H22N4O2S/c29-23(28-14-11-18(15-28)27-17-7-2-1-3-8-17)22-20(16-31-24-25-12-6-13-26-24)19-9-4-5-10-21(19)30-22/h1-10,12-13,18,27H,11,14-16H2. The van der Waals surface area contributed by atoms with E-state index < -0.39 is 0 Å². The average molecular weight is 431 g/mol. The van der Waals surface area contributed by atoms with Crippen LogP contribution in [0.15, 0.2) is 82.6 Å². The predicted molar refractivity (Wildman–Crippen MR) is 122 cm³/mol. The lowest BCUT2D eigenvalue weighted by atomic mass is 10.1. The predicted octanol–water partition coefficient (Wildman–Crippen LogP) is 4.84. The van der Waals surface area contributed by atoms with E-state index in [1.807, 2.05) is 59.5 Å². The minimum Gasteiger partial charge on any atom is -0.451 e. The summed E-state index contributed by atoms with van der Waals surface area (Å²) in [5.74, 6) is 0.935. The fourth-order valence-electron chi connectivity index (χ4n) is 3.89. The van der Waals surface area contributed by atoms with Gasteiger partial charge in [0.1, 0.15) is 5.58 Å². The van der Waals surface area contributed by atoms with Gasteiger partial charge in [-0.3, -0.25) is 4.79 Å². The molecule has 0 saturated carbocycles. The molecule has 0 bridgehead atoms. The number of para-hydroxylation sites is 2. The van der Waals surface area contributed by atoms with E-state index in [-0.39, 0.29) is 11.9 Å². The van der Waals surface area contributed by atoms with Crippen LogP contribution < -0.4 is 5.32 Å². The van der Waals surface area contributed by atoms with E-state index in [0.29, 0.717) is 29.8 Å². The SMILES string of the molecule is O=C(c1oc2ccccc2c1CSc1ncccn1)N1CCC(Nc2ccccc2)C1. The van der Waals surface area contributed by atoms with Gasteiger partial charge >= 0.3 is 0 Å². The Hall–Kier alpha value is -3.32. The van der Waals surface area contributed by atoms with Crippen LogP contribution in [-0.2, 0) is 5.75 Å². The molecule has 1 fully saturated rings. The molecule has 1 aliphatic heterocycles. The zero-order valence-corrected chi connectivity index (χ0v) is 17.7. The summed E-state index contributed by atoms with van der Waals surface area (Å²) >= 11 is 1.50. The van der Waals surface area contributed by atoms with Gasteiger partial charge in [-0.2, -0.15) is 0 Å². The van der Waals surface area contributed by atoms with Crippen molar-refractivity contribution in [1.82, 2.24) is 14.9 Å². The Morgan fingerprint density at radius 3 is 2.68 bits per heavy atom. The zero-order chi connectivity index (χ0) is 21.0. The van der Waals surface area contributed by atoms with Crippen LogP contribution in [0, 0.1) is 0 Å². The molecular weight excluding hydrogens is 408 g/mol. The molecule has 1 N–H and O–H groups in total. The number of rotatable bonds is 6. The fourth-order valence-corrected chi connectivity index (χ4v) is 4.72. The highest BCUT2D eigenvalue weighted by Gasteiger charge is 2.31. The third-order valence-electron chi connectivity index (χ3n) is 5.40. The van der Waals surface area contributed by atoms with E-state index in [4.69, 9.17) is 4.42 Å². The van der Waals surface area contributed by atoms with Crippen LogP contribution in [0.5, 0.6) is 0 Å². The molecule has 1 saturated heterocycles. The number of carbonyl (C=O) groups is 1. The second-order valence-electron chi connectivity index (χ2n) is 7.47. The van der Waals surface area contributed by atoms with E-state index >= 15 is 0 Å². The van der Waals surface area contributed by atoms with Crippen molar-refractivity contribution in [2.75, 3.05) is 18.4 Å². The van der Waals surface area contributed by atoms with Crippen molar-refractivity contribution in [2.24, 2.45) is 0 Å². The topological polar surface area (TPSA) is 71.3 Å². The molecule has 4 aromatic rings. The number of furan rings is 1. The summed E-state index contributed by atoms with van der Waals surface area (Å²) in [5.41, 5.74) is 2.71. The largest absolute Gasteiger partial charge is 0.451 e. The number of benzene rings is 2. The number of anilines is 1. The van der Waals surface area contributed by atoms with Gasteiger partial charge in [-0.1, -0.05) is 48.2 Å². The molecular formula is C24H22N4O2S. The van der Waals surface area contributed by atoms with E-state index in [1.165, 1.54) is 11.8 Å². The van der Waals surface area contributed by atoms with Gasteiger partial charge in [-0.25, -0.2) is 9.97 Å². The number of nitrogens with zero attached hydrogens (tertiary/aromatic N) is 3.